The van der Waals surface area contributed by atoms with E-state index in [1.807, 2.05) is 60.4 Å². The van der Waals surface area contributed by atoms with Crippen LogP contribution in [0.25, 0.3) is 11.4 Å². The SMILES string of the molecule is Cn1nc(-c2ccc(N3CCOCC3)nc2)nc1Cc1ccccc1OCc1ccncc1Cl. The summed E-state index contributed by atoms with van der Waals surface area (Å²) < 4.78 is 13.3. The van der Waals surface area contributed by atoms with Crippen molar-refractivity contribution in [1.82, 2.24) is 24.7 Å². The van der Waals surface area contributed by atoms with Gasteiger partial charge in [0.25, 0.3) is 0 Å². The molecule has 0 atom stereocenters. The van der Waals surface area contributed by atoms with Crippen LogP contribution < -0.4 is 9.64 Å². The molecular formula is C25H25ClN6O2. The summed E-state index contributed by atoms with van der Waals surface area (Å²) in [6.45, 7) is 3.54. The molecule has 1 aliphatic heterocycles. The molecule has 174 valence electrons. The van der Waals surface area contributed by atoms with Gasteiger partial charge in [-0.25, -0.2) is 9.97 Å². The van der Waals surface area contributed by atoms with Gasteiger partial charge in [0.1, 0.15) is 24.0 Å². The van der Waals surface area contributed by atoms with Gasteiger partial charge in [-0.05, 0) is 24.3 Å². The molecule has 1 fully saturated rings. The fourth-order valence-corrected chi connectivity index (χ4v) is 4.00. The summed E-state index contributed by atoms with van der Waals surface area (Å²) in [5.41, 5.74) is 2.80. The fraction of sp³-hybridized carbons (Fsp3) is 0.280. The Hall–Kier alpha value is -3.49. The number of anilines is 1. The van der Waals surface area contributed by atoms with Crippen molar-refractivity contribution in [1.29, 1.82) is 0 Å². The van der Waals surface area contributed by atoms with Crippen molar-refractivity contribution in [2.24, 2.45) is 7.05 Å². The molecule has 1 saturated heterocycles. The topological polar surface area (TPSA) is 78.2 Å². The number of morpholine rings is 1. The van der Waals surface area contributed by atoms with Gasteiger partial charge in [-0.1, -0.05) is 29.8 Å². The number of hydrogen-bond donors (Lipinski definition) is 0. The Balaban J connectivity index is 1.31. The maximum absolute atomic E-state index is 6.22. The van der Waals surface area contributed by atoms with E-state index in [9.17, 15) is 0 Å². The van der Waals surface area contributed by atoms with E-state index in [-0.39, 0.29) is 0 Å². The Morgan fingerprint density at radius 3 is 2.68 bits per heavy atom. The van der Waals surface area contributed by atoms with Crippen LogP contribution in [0, 0.1) is 0 Å². The Morgan fingerprint density at radius 2 is 1.88 bits per heavy atom. The van der Waals surface area contributed by atoms with Crippen molar-refractivity contribution < 1.29 is 9.47 Å². The number of nitrogens with zero attached hydrogens (tertiary/aromatic N) is 6. The molecule has 0 radical (unpaired) electrons. The van der Waals surface area contributed by atoms with Crippen LogP contribution in [-0.4, -0.2) is 51.0 Å². The third kappa shape index (κ3) is 5.03. The number of hydrogen-bond acceptors (Lipinski definition) is 7. The van der Waals surface area contributed by atoms with Gasteiger partial charge in [-0.3, -0.25) is 9.67 Å². The molecule has 4 heterocycles. The van der Waals surface area contributed by atoms with E-state index in [1.54, 1.807) is 12.4 Å². The molecule has 0 unspecified atom stereocenters. The highest BCUT2D eigenvalue weighted by Gasteiger charge is 2.15. The Kier molecular flexibility index (Phi) is 6.69. The molecule has 5 rings (SSSR count). The monoisotopic (exact) mass is 476 g/mol. The van der Waals surface area contributed by atoms with Crippen LogP contribution in [0.4, 0.5) is 5.82 Å². The standard InChI is InChI=1S/C25H25ClN6O2/c1-31-24(14-18-4-2-3-5-22(18)34-17-20-8-9-27-16-21(20)26)29-25(30-31)19-6-7-23(28-15-19)32-10-12-33-13-11-32/h2-9,15-16H,10-14,17H2,1H3. The van der Waals surface area contributed by atoms with Crippen molar-refractivity contribution in [3.63, 3.8) is 0 Å². The normalized spacial score (nSPS) is 13.8. The van der Waals surface area contributed by atoms with Gasteiger partial charge >= 0.3 is 0 Å². The number of rotatable bonds is 7. The number of halogens is 1. The molecule has 1 aromatic carbocycles. The molecule has 0 saturated carbocycles. The summed E-state index contributed by atoms with van der Waals surface area (Å²) in [7, 11) is 1.90. The van der Waals surface area contributed by atoms with Gasteiger partial charge in [0, 0.05) is 61.8 Å². The minimum atomic E-state index is 0.365. The second kappa shape index (κ2) is 10.2. The number of benzene rings is 1. The lowest BCUT2D eigenvalue weighted by Gasteiger charge is -2.27. The molecule has 3 aromatic heterocycles. The maximum atomic E-state index is 6.22. The van der Waals surface area contributed by atoms with E-state index in [2.05, 4.69) is 20.0 Å². The van der Waals surface area contributed by atoms with Crippen molar-refractivity contribution in [2.75, 3.05) is 31.2 Å². The number of aryl methyl sites for hydroxylation is 1. The van der Waals surface area contributed by atoms with E-state index in [4.69, 9.17) is 26.1 Å². The molecule has 0 aliphatic carbocycles. The Labute approximate surface area is 203 Å². The van der Waals surface area contributed by atoms with Crippen LogP contribution >= 0.6 is 11.6 Å². The minimum absolute atomic E-state index is 0.365. The van der Waals surface area contributed by atoms with Gasteiger partial charge in [-0.15, -0.1) is 0 Å². The van der Waals surface area contributed by atoms with E-state index in [0.29, 0.717) is 23.9 Å². The summed E-state index contributed by atoms with van der Waals surface area (Å²) in [5.74, 6) is 3.23. The maximum Gasteiger partial charge on any atom is 0.182 e. The third-order valence-corrected chi connectivity index (χ3v) is 6.10. The highest BCUT2D eigenvalue weighted by Crippen LogP contribution is 2.25. The van der Waals surface area contributed by atoms with Crippen LogP contribution in [-0.2, 0) is 24.8 Å². The van der Waals surface area contributed by atoms with Gasteiger partial charge in [0.2, 0.25) is 0 Å². The van der Waals surface area contributed by atoms with Crippen molar-refractivity contribution in [3.8, 4) is 17.1 Å². The first-order valence-electron chi connectivity index (χ1n) is 11.2. The predicted molar refractivity (Wildman–Crippen MR) is 130 cm³/mol. The lowest BCUT2D eigenvalue weighted by atomic mass is 10.1. The average molecular weight is 477 g/mol. The molecule has 34 heavy (non-hydrogen) atoms. The highest BCUT2D eigenvalue weighted by molar-refractivity contribution is 6.31. The Bertz CT molecular complexity index is 1250. The molecule has 0 bridgehead atoms. The van der Waals surface area contributed by atoms with Crippen molar-refractivity contribution in [3.05, 3.63) is 83.0 Å². The van der Waals surface area contributed by atoms with E-state index in [0.717, 1.165) is 60.4 Å². The van der Waals surface area contributed by atoms with Gasteiger partial charge in [0.05, 0.1) is 18.2 Å². The highest BCUT2D eigenvalue weighted by atomic mass is 35.5. The van der Waals surface area contributed by atoms with E-state index >= 15 is 0 Å². The summed E-state index contributed by atoms with van der Waals surface area (Å²) in [6.07, 6.45) is 5.75. The number of aromatic nitrogens is 5. The van der Waals surface area contributed by atoms with Gasteiger partial charge in [-0.2, -0.15) is 5.10 Å². The largest absolute Gasteiger partial charge is 0.489 e. The lowest BCUT2D eigenvalue weighted by Crippen LogP contribution is -2.36. The quantitative estimate of drug-likeness (QED) is 0.400. The summed E-state index contributed by atoms with van der Waals surface area (Å²) in [5, 5.41) is 5.21. The first-order valence-corrected chi connectivity index (χ1v) is 11.5. The predicted octanol–water partition coefficient (Wildman–Crippen LogP) is 3.93. The summed E-state index contributed by atoms with van der Waals surface area (Å²) >= 11 is 6.22. The van der Waals surface area contributed by atoms with E-state index in [1.165, 1.54) is 0 Å². The van der Waals surface area contributed by atoms with Gasteiger partial charge < -0.3 is 14.4 Å². The first kappa shape index (κ1) is 22.3. The molecule has 0 N–H and O–H groups in total. The molecule has 0 spiro atoms. The smallest absolute Gasteiger partial charge is 0.182 e. The zero-order chi connectivity index (χ0) is 23.3. The molecular weight excluding hydrogens is 452 g/mol. The first-order chi connectivity index (χ1) is 16.7. The minimum Gasteiger partial charge on any atom is -0.489 e. The summed E-state index contributed by atoms with van der Waals surface area (Å²) in [6, 6.07) is 13.8. The van der Waals surface area contributed by atoms with Crippen molar-refractivity contribution in [2.45, 2.75) is 13.0 Å². The van der Waals surface area contributed by atoms with E-state index < -0.39 is 0 Å². The number of pyridine rings is 2. The third-order valence-electron chi connectivity index (χ3n) is 5.76. The number of ether oxygens (including phenoxy) is 2. The van der Waals surface area contributed by atoms with Crippen LogP contribution in [0.15, 0.2) is 61.1 Å². The molecule has 0 amide bonds. The van der Waals surface area contributed by atoms with Crippen LogP contribution in [0.1, 0.15) is 17.0 Å². The van der Waals surface area contributed by atoms with Crippen LogP contribution in [0.3, 0.4) is 0 Å². The second-order valence-corrected chi connectivity index (χ2v) is 8.43. The van der Waals surface area contributed by atoms with Crippen LogP contribution in [0.2, 0.25) is 5.02 Å². The lowest BCUT2D eigenvalue weighted by molar-refractivity contribution is 0.122. The van der Waals surface area contributed by atoms with Crippen molar-refractivity contribution >= 4 is 17.4 Å². The zero-order valence-electron chi connectivity index (χ0n) is 18.9. The summed E-state index contributed by atoms with van der Waals surface area (Å²) in [4.78, 5) is 15.7. The zero-order valence-corrected chi connectivity index (χ0v) is 19.6. The number of para-hydroxylation sites is 1. The molecule has 8 nitrogen and oxygen atoms in total. The van der Waals surface area contributed by atoms with Crippen LogP contribution in [0.5, 0.6) is 5.75 Å². The van der Waals surface area contributed by atoms with Gasteiger partial charge in [0.15, 0.2) is 5.82 Å². The Morgan fingerprint density at radius 1 is 1.03 bits per heavy atom. The fourth-order valence-electron chi connectivity index (χ4n) is 3.83. The molecule has 9 heteroatoms. The second-order valence-electron chi connectivity index (χ2n) is 8.02. The average Bonchev–Trinajstić information content (AvgIpc) is 3.25. The molecule has 4 aromatic rings. The molecule has 1 aliphatic rings.